The van der Waals surface area contributed by atoms with Gasteiger partial charge in [0.2, 0.25) is 5.91 Å². The molecule has 0 aliphatic rings. The van der Waals surface area contributed by atoms with Crippen LogP contribution in [0.3, 0.4) is 0 Å². The maximum absolute atomic E-state index is 13.0. The lowest BCUT2D eigenvalue weighted by molar-refractivity contribution is -0.111. The van der Waals surface area contributed by atoms with Crippen LogP contribution in [0.1, 0.15) is 26.3 Å². The maximum Gasteiger partial charge on any atom is 0.412 e. The van der Waals surface area contributed by atoms with Crippen LogP contribution >= 0.6 is 11.3 Å². The van der Waals surface area contributed by atoms with Crippen molar-refractivity contribution in [3.8, 4) is 0 Å². The van der Waals surface area contributed by atoms with Crippen molar-refractivity contribution in [2.75, 3.05) is 10.6 Å². The maximum atomic E-state index is 13.0. The average molecular weight is 524 g/mol. The molecule has 2 amide bonds. The van der Waals surface area contributed by atoms with Gasteiger partial charge in [-0.3, -0.25) is 10.1 Å². The van der Waals surface area contributed by atoms with E-state index >= 15 is 0 Å². The number of ether oxygens (including phenoxy) is 1. The van der Waals surface area contributed by atoms with E-state index in [1.165, 1.54) is 35.9 Å². The summed E-state index contributed by atoms with van der Waals surface area (Å²) in [6.07, 6.45) is 5.05. The second-order valence-corrected chi connectivity index (χ2v) is 12.0. The molecular formula is C26H25N3O5S2. The zero-order valence-corrected chi connectivity index (χ0v) is 21.5. The molecule has 0 bridgehead atoms. The minimum Gasteiger partial charge on any atom is -0.444 e. The lowest BCUT2D eigenvalue weighted by atomic mass is 10.2. The third-order valence-electron chi connectivity index (χ3n) is 4.87. The standard InChI is InChI=1S/C26H25N3O5S2/c1-26(2,3)34-25(31)28-21-10-6-5-9-20(21)27-23(30)13-12-18-14-15-29(17-18)36(32,33)24-16-19-8-4-7-11-22(19)35-24/h4-17H,1-3H3,(H,27,30)(H,28,31)/b13-12+. The van der Waals surface area contributed by atoms with Crippen LogP contribution in [0, 0.1) is 0 Å². The summed E-state index contributed by atoms with van der Waals surface area (Å²) in [5.41, 5.74) is 0.651. The van der Waals surface area contributed by atoms with Crippen molar-refractivity contribution in [3.05, 3.63) is 84.7 Å². The Kier molecular flexibility index (Phi) is 7.00. The quantitative estimate of drug-likeness (QED) is 0.304. The Hall–Kier alpha value is -3.89. The van der Waals surface area contributed by atoms with Gasteiger partial charge in [-0.2, -0.15) is 8.42 Å². The van der Waals surface area contributed by atoms with Crippen LogP contribution < -0.4 is 10.6 Å². The molecule has 0 radical (unpaired) electrons. The van der Waals surface area contributed by atoms with E-state index in [0.29, 0.717) is 16.9 Å². The van der Waals surface area contributed by atoms with E-state index in [1.807, 2.05) is 24.3 Å². The van der Waals surface area contributed by atoms with Crippen LogP contribution in [0.2, 0.25) is 0 Å². The molecule has 0 saturated carbocycles. The third-order valence-corrected chi connectivity index (χ3v) is 8.07. The molecule has 10 heteroatoms. The number of aromatic nitrogens is 1. The van der Waals surface area contributed by atoms with Gasteiger partial charge < -0.3 is 10.1 Å². The first-order chi connectivity index (χ1) is 17.0. The molecule has 4 rings (SSSR count). The van der Waals surface area contributed by atoms with Crippen LogP contribution in [0.15, 0.2) is 83.3 Å². The fraction of sp³-hybridized carbons (Fsp3) is 0.154. The van der Waals surface area contributed by atoms with E-state index in [1.54, 1.807) is 57.2 Å². The van der Waals surface area contributed by atoms with Crippen LogP contribution in [0.4, 0.5) is 16.2 Å². The number of nitrogens with zero attached hydrogens (tertiary/aromatic N) is 1. The van der Waals surface area contributed by atoms with E-state index < -0.39 is 27.6 Å². The largest absolute Gasteiger partial charge is 0.444 e. The van der Waals surface area contributed by atoms with Crippen LogP contribution in [0.25, 0.3) is 16.2 Å². The first kappa shape index (κ1) is 25.2. The predicted molar refractivity (Wildman–Crippen MR) is 143 cm³/mol. The van der Waals surface area contributed by atoms with Crippen molar-refractivity contribution >= 4 is 60.9 Å². The normalized spacial score (nSPS) is 12.1. The molecular weight excluding hydrogens is 498 g/mol. The number of anilines is 2. The fourth-order valence-electron chi connectivity index (χ4n) is 3.29. The minimum absolute atomic E-state index is 0.238. The van der Waals surface area contributed by atoms with Crippen molar-refractivity contribution in [1.29, 1.82) is 0 Å². The van der Waals surface area contributed by atoms with Gasteiger partial charge in [0.15, 0.2) is 0 Å². The van der Waals surface area contributed by atoms with Crippen LogP contribution in [0.5, 0.6) is 0 Å². The number of thiophene rings is 1. The van der Waals surface area contributed by atoms with Gasteiger partial charge in [0, 0.05) is 23.2 Å². The first-order valence-corrected chi connectivity index (χ1v) is 13.3. The Morgan fingerprint density at radius 2 is 1.64 bits per heavy atom. The second-order valence-electron chi connectivity index (χ2n) is 8.88. The van der Waals surface area contributed by atoms with Crippen molar-refractivity contribution in [2.45, 2.75) is 30.6 Å². The Morgan fingerprint density at radius 3 is 2.33 bits per heavy atom. The second kappa shape index (κ2) is 10.00. The lowest BCUT2D eigenvalue weighted by Gasteiger charge is -2.20. The molecule has 2 aromatic carbocycles. The van der Waals surface area contributed by atoms with Gasteiger partial charge in [-0.15, -0.1) is 11.3 Å². The lowest BCUT2D eigenvalue weighted by Crippen LogP contribution is -2.27. The molecule has 0 atom stereocenters. The zero-order valence-electron chi connectivity index (χ0n) is 19.9. The summed E-state index contributed by atoms with van der Waals surface area (Å²) >= 11 is 1.21. The summed E-state index contributed by atoms with van der Waals surface area (Å²) in [7, 11) is -3.75. The number of amides is 2. The summed E-state index contributed by atoms with van der Waals surface area (Å²) in [5.74, 6) is -0.450. The minimum atomic E-state index is -3.75. The van der Waals surface area contributed by atoms with E-state index in [-0.39, 0.29) is 4.21 Å². The monoisotopic (exact) mass is 523 g/mol. The number of hydrogen-bond acceptors (Lipinski definition) is 6. The molecule has 0 unspecified atom stereocenters. The van der Waals surface area contributed by atoms with E-state index in [0.717, 1.165) is 14.1 Å². The van der Waals surface area contributed by atoms with Gasteiger partial charge in [-0.1, -0.05) is 30.3 Å². The Balaban J connectivity index is 1.44. The van der Waals surface area contributed by atoms with E-state index in [2.05, 4.69) is 10.6 Å². The molecule has 2 N–H and O–H groups in total. The summed E-state index contributed by atoms with van der Waals surface area (Å²) in [5, 5.41) is 6.20. The van der Waals surface area contributed by atoms with Gasteiger partial charge in [0.05, 0.1) is 11.4 Å². The zero-order chi connectivity index (χ0) is 25.9. The van der Waals surface area contributed by atoms with Gasteiger partial charge in [0.25, 0.3) is 10.0 Å². The van der Waals surface area contributed by atoms with Crippen molar-refractivity contribution in [1.82, 2.24) is 3.97 Å². The smallest absolute Gasteiger partial charge is 0.412 e. The van der Waals surface area contributed by atoms with Gasteiger partial charge in [-0.25, -0.2) is 8.77 Å². The molecule has 2 aromatic heterocycles. The molecule has 0 aliphatic heterocycles. The highest BCUT2D eigenvalue weighted by Gasteiger charge is 2.20. The summed E-state index contributed by atoms with van der Waals surface area (Å²) in [4.78, 5) is 24.6. The molecule has 0 aliphatic carbocycles. The molecule has 2 heterocycles. The average Bonchev–Trinajstić information content (AvgIpc) is 3.46. The number of nitrogens with one attached hydrogen (secondary N) is 2. The predicted octanol–water partition coefficient (Wildman–Crippen LogP) is 5.94. The number of carbonyl (C=O) groups is 2. The third kappa shape index (κ3) is 6.02. The fourth-order valence-corrected chi connectivity index (χ4v) is 6.00. The SMILES string of the molecule is CC(C)(C)OC(=O)Nc1ccccc1NC(=O)/C=C/c1ccn(S(=O)(=O)c2cc3ccccc3s2)c1. The van der Waals surface area contributed by atoms with Crippen LogP contribution in [-0.2, 0) is 19.6 Å². The topological polar surface area (TPSA) is 106 Å². The number of fused-ring (bicyclic) bond motifs is 1. The molecule has 8 nitrogen and oxygen atoms in total. The van der Waals surface area contributed by atoms with Gasteiger partial charge in [0.1, 0.15) is 9.81 Å². The Bertz CT molecular complexity index is 1530. The van der Waals surface area contributed by atoms with Crippen molar-refractivity contribution < 1.29 is 22.7 Å². The van der Waals surface area contributed by atoms with Gasteiger partial charge in [-0.05, 0) is 68.1 Å². The Labute approximate surface area is 213 Å². The van der Waals surface area contributed by atoms with Crippen LogP contribution in [-0.4, -0.2) is 30.0 Å². The highest BCUT2D eigenvalue weighted by molar-refractivity contribution is 7.92. The number of para-hydroxylation sites is 2. The number of hydrogen-bond donors (Lipinski definition) is 2. The summed E-state index contributed by atoms with van der Waals surface area (Å²) in [6, 6.07) is 17.5. The summed E-state index contributed by atoms with van der Waals surface area (Å²) < 4.78 is 33.6. The first-order valence-electron chi connectivity index (χ1n) is 11.0. The molecule has 0 fully saturated rings. The molecule has 0 saturated heterocycles. The van der Waals surface area contributed by atoms with E-state index in [4.69, 9.17) is 4.74 Å². The number of benzene rings is 2. The highest BCUT2D eigenvalue weighted by atomic mass is 32.2. The van der Waals surface area contributed by atoms with E-state index in [9.17, 15) is 18.0 Å². The molecule has 0 spiro atoms. The highest BCUT2D eigenvalue weighted by Crippen LogP contribution is 2.30. The van der Waals surface area contributed by atoms with Crippen molar-refractivity contribution in [2.24, 2.45) is 0 Å². The Morgan fingerprint density at radius 1 is 0.972 bits per heavy atom. The summed E-state index contributed by atoms with van der Waals surface area (Å²) in [6.45, 7) is 5.27. The number of rotatable bonds is 6. The molecule has 186 valence electrons. The number of carbonyl (C=O) groups excluding carboxylic acids is 2. The molecule has 36 heavy (non-hydrogen) atoms. The van der Waals surface area contributed by atoms with Crippen molar-refractivity contribution in [3.63, 3.8) is 0 Å². The van der Waals surface area contributed by atoms with Gasteiger partial charge >= 0.3 is 6.09 Å². The molecule has 4 aromatic rings.